The summed E-state index contributed by atoms with van der Waals surface area (Å²) in [6.07, 6.45) is 131. The van der Waals surface area contributed by atoms with Gasteiger partial charge >= 0.3 is 0 Å². The Kier molecular flexibility index (Phi) is 48.9. The predicted molar refractivity (Wildman–Crippen MR) is 529 cm³/mol. The molecular weight excluding hydrogens is 1430 g/mol. The molecule has 22 atom stereocenters. The first-order valence-electron chi connectivity index (χ1n) is 58.0. The van der Waals surface area contributed by atoms with Crippen LogP contribution in [-0.4, -0.2) is 0 Å². The predicted octanol–water partition coefficient (Wildman–Crippen LogP) is 40.8. The zero-order valence-electron chi connectivity index (χ0n) is 83.3. The third kappa shape index (κ3) is 36.9. The topological polar surface area (TPSA) is 0 Å². The van der Waals surface area contributed by atoms with E-state index in [4.69, 9.17) is 0 Å². The van der Waals surface area contributed by atoms with Gasteiger partial charge in [-0.15, -0.1) is 0 Å². The van der Waals surface area contributed by atoms with E-state index < -0.39 is 0 Å². The van der Waals surface area contributed by atoms with Gasteiger partial charge in [0.25, 0.3) is 0 Å². The van der Waals surface area contributed by atoms with Crippen LogP contribution in [0.5, 0.6) is 0 Å². The van der Waals surface area contributed by atoms with Gasteiger partial charge in [-0.25, -0.2) is 0 Å². The lowest BCUT2D eigenvalue weighted by atomic mass is 9.70. The molecule has 0 heterocycles. The zero-order valence-corrected chi connectivity index (χ0v) is 83.3. The first-order valence-corrected chi connectivity index (χ1v) is 58.0. The number of hydrogen-bond acceptors (Lipinski definition) is 0. The van der Waals surface area contributed by atoms with Crippen molar-refractivity contribution in [2.75, 3.05) is 0 Å². The Morgan fingerprint density at radius 1 is 0.210 bits per heavy atom. The fourth-order valence-electron chi connectivity index (χ4n) is 32.7. The third-order valence-corrected chi connectivity index (χ3v) is 38.6. The summed E-state index contributed by atoms with van der Waals surface area (Å²) in [5, 5.41) is 0. The highest BCUT2D eigenvalue weighted by Gasteiger charge is 2.45. The first-order chi connectivity index (χ1) is 58.3. The van der Waals surface area contributed by atoms with Crippen LogP contribution in [0.4, 0.5) is 0 Å². The minimum Gasteiger partial charge on any atom is -0.0707 e. The summed E-state index contributed by atoms with van der Waals surface area (Å²) in [5.41, 5.74) is 6.18. The van der Waals surface area contributed by atoms with E-state index in [-0.39, 0.29) is 0 Å². The standard InChI is InChI=1S/C21H36.C21H40.3C20H36.C17H34/c1-2-7-20-16-19-11-10-18-9-6-4-3-5-8-17(14-19)12-13-21(20)15-18;1-3-9-18-11-7-5-6-8-12-19-13-14-21(15-18)17-20(16-19)10-4-2;3*1-2-12-20-13-11-17-7-5-3-4-6-8-18(15-20)9-10-19(14-17)16-20;1-4-7-8-10-16-12-11-15(6-3)13-17(14-16)9-5-2/h17-19H,2-16H2,1H3;18-21H,3-17H2,1-2H3;3*17-19H,2-16H2,1H3;15-17H,4-14H2,1-3H3/b21-20-;;;;;/t17-,18-,19-;18-,19+,20+,21+;3*17-,18-,19-,20+;15-,16+,17-/m010000/s1. The lowest BCUT2D eigenvalue weighted by molar-refractivity contribution is 0.158. The second kappa shape index (κ2) is 57.7. The smallest absolute Gasteiger partial charge is 0.0289 e. The monoisotopic (exact) mass is 1650 g/mol. The van der Waals surface area contributed by atoms with E-state index in [1.54, 1.807) is 238 Å². The van der Waals surface area contributed by atoms with Crippen molar-refractivity contribution in [2.24, 2.45) is 129 Å². The Labute approximate surface area is 749 Å². The van der Waals surface area contributed by atoms with E-state index in [1.165, 1.54) is 315 Å². The SMILES string of the molecule is CCC/C1=C2\CC[C@@H]3CCCCCC[C@@H](CC[C@H](C1)C3)C2.CCCCC[C@@H]1CC[C@H](CC)C[C@H](CCC)C1.CCC[C@@H]1CCCCCC[C@H]2CC[C@@H](C1)C[C@@H](CCC)C2.CCC[C@]12CC[C@@H]3CCCCCC[C@@H](CC[C@@H](C3)C1)C2.CCC[C@]12CC[C@@H]3CCCCCC[C@@H](CC[C@@H](C3)C1)C2.CCC[C@]12CC[C@@H]3CCCCCC[C@@H](CC[C@@H](C3)C1)C2. The molecule has 694 valence electrons. The van der Waals surface area contributed by atoms with Gasteiger partial charge in [0.15, 0.2) is 0 Å². The minimum absolute atomic E-state index is 0.772. The van der Waals surface area contributed by atoms with E-state index in [0.29, 0.717) is 0 Å². The van der Waals surface area contributed by atoms with Crippen molar-refractivity contribution >= 4 is 0 Å². The molecule has 0 aliphatic heterocycles. The first kappa shape index (κ1) is 101. The van der Waals surface area contributed by atoms with Crippen LogP contribution >= 0.6 is 0 Å². The van der Waals surface area contributed by atoms with Crippen molar-refractivity contribution in [3.8, 4) is 0 Å². The second-order valence-electron chi connectivity index (χ2n) is 48.8. The van der Waals surface area contributed by atoms with Crippen LogP contribution in [0.3, 0.4) is 0 Å². The maximum Gasteiger partial charge on any atom is -0.0289 e. The summed E-state index contributed by atoms with van der Waals surface area (Å²) in [6, 6.07) is 0. The molecule has 0 aromatic rings. The zero-order chi connectivity index (χ0) is 83.4. The van der Waals surface area contributed by atoms with Crippen LogP contribution in [-0.2, 0) is 0 Å². The summed E-state index contributed by atoms with van der Waals surface area (Å²) < 4.78 is 0. The lowest BCUT2D eigenvalue weighted by Crippen LogP contribution is -2.23. The van der Waals surface area contributed by atoms with Crippen LogP contribution in [0, 0.1) is 129 Å². The Hall–Kier alpha value is -0.260. The highest BCUT2D eigenvalue weighted by atomic mass is 14.5. The van der Waals surface area contributed by atoms with Crippen LogP contribution in [0.25, 0.3) is 0 Å². The normalized spacial score (nSPS) is 38.9. The minimum atomic E-state index is 0.772. The number of unbranched alkanes of at least 4 members (excludes halogenated alkanes) is 2. The summed E-state index contributed by atoms with van der Waals surface area (Å²) in [6.45, 7) is 21.5. The maximum absolute atomic E-state index is 2.43. The van der Waals surface area contributed by atoms with Crippen molar-refractivity contribution in [1.82, 2.24) is 0 Å². The fourth-order valence-corrected chi connectivity index (χ4v) is 32.7. The van der Waals surface area contributed by atoms with Gasteiger partial charge in [-0.05, 0) is 328 Å². The molecule has 18 bridgehead atoms. The molecule has 0 spiro atoms. The average molecular weight is 1650 g/mol. The molecule has 119 heavy (non-hydrogen) atoms. The van der Waals surface area contributed by atoms with Crippen LogP contribution in [0.15, 0.2) is 11.1 Å². The average Bonchev–Trinajstić information content (AvgIpc) is 1.70. The molecular formula is C119H218. The Morgan fingerprint density at radius 2 is 0.538 bits per heavy atom. The van der Waals surface area contributed by atoms with Gasteiger partial charge in [-0.1, -0.05) is 427 Å². The van der Waals surface area contributed by atoms with E-state index in [9.17, 15) is 0 Å². The van der Waals surface area contributed by atoms with Crippen LogP contribution in [0.2, 0.25) is 0 Å². The molecule has 17 saturated carbocycles. The molecule has 0 nitrogen and oxygen atoms in total. The molecule has 0 aromatic carbocycles. The fraction of sp³-hybridized carbons (Fsp3) is 0.983. The molecule has 0 amide bonds. The Bertz CT molecular complexity index is 2400. The second-order valence-corrected chi connectivity index (χ2v) is 48.8. The molecule has 19 aliphatic carbocycles. The van der Waals surface area contributed by atoms with Crippen molar-refractivity contribution in [1.29, 1.82) is 0 Å². The van der Waals surface area contributed by atoms with Gasteiger partial charge in [0.2, 0.25) is 0 Å². The molecule has 0 heteroatoms. The van der Waals surface area contributed by atoms with Gasteiger partial charge < -0.3 is 0 Å². The van der Waals surface area contributed by atoms with Gasteiger partial charge in [0.05, 0.1) is 0 Å². The van der Waals surface area contributed by atoms with Crippen molar-refractivity contribution in [2.45, 2.75) is 615 Å². The summed E-state index contributed by atoms with van der Waals surface area (Å²) in [5.74, 6) is 20.4. The van der Waals surface area contributed by atoms with Crippen molar-refractivity contribution < 1.29 is 0 Å². The Balaban J connectivity index is 0.000000150. The third-order valence-electron chi connectivity index (χ3n) is 38.6. The summed E-state index contributed by atoms with van der Waals surface area (Å²) in [4.78, 5) is 0. The van der Waals surface area contributed by atoms with Crippen LogP contribution < -0.4 is 0 Å². The number of hydrogen-bond donors (Lipinski definition) is 0. The quantitative estimate of drug-likeness (QED) is 0.0687. The number of allylic oxidation sites excluding steroid dienone is 2. The summed E-state index contributed by atoms with van der Waals surface area (Å²) in [7, 11) is 0. The largest absolute Gasteiger partial charge is 0.0707 e. The van der Waals surface area contributed by atoms with Crippen molar-refractivity contribution in [3.63, 3.8) is 0 Å². The molecule has 19 rings (SSSR count). The molecule has 17 fully saturated rings. The molecule has 0 aromatic heterocycles. The lowest BCUT2D eigenvalue weighted by Gasteiger charge is -2.36. The van der Waals surface area contributed by atoms with E-state index in [1.807, 2.05) is 11.1 Å². The van der Waals surface area contributed by atoms with Crippen molar-refractivity contribution in [3.05, 3.63) is 11.1 Å². The van der Waals surface area contributed by atoms with E-state index in [0.717, 1.165) is 129 Å². The van der Waals surface area contributed by atoms with Gasteiger partial charge in [-0.2, -0.15) is 0 Å². The number of rotatable bonds is 19. The summed E-state index contributed by atoms with van der Waals surface area (Å²) >= 11 is 0. The van der Waals surface area contributed by atoms with E-state index in [2.05, 4.69) is 62.3 Å². The number of fused-ring (bicyclic) bond motifs is 32. The highest BCUT2D eigenvalue weighted by Crippen LogP contribution is 2.58. The highest BCUT2D eigenvalue weighted by molar-refractivity contribution is 5.18. The molecule has 0 saturated heterocycles. The molecule has 19 aliphatic rings. The van der Waals surface area contributed by atoms with Gasteiger partial charge in [0.1, 0.15) is 0 Å². The van der Waals surface area contributed by atoms with Crippen LogP contribution in [0.1, 0.15) is 615 Å². The molecule has 0 radical (unpaired) electrons. The van der Waals surface area contributed by atoms with Gasteiger partial charge in [-0.3, -0.25) is 0 Å². The molecule has 0 N–H and O–H groups in total. The van der Waals surface area contributed by atoms with E-state index >= 15 is 0 Å². The Morgan fingerprint density at radius 3 is 0.983 bits per heavy atom. The van der Waals surface area contributed by atoms with Gasteiger partial charge in [0, 0.05) is 0 Å². The maximum atomic E-state index is 2.43. The molecule has 0 unspecified atom stereocenters.